The summed E-state index contributed by atoms with van der Waals surface area (Å²) in [5.74, 6) is -0.465. The van der Waals surface area contributed by atoms with Crippen molar-refractivity contribution in [2.45, 2.75) is 55.4 Å². The minimum atomic E-state index is -3.80. The molecule has 4 atom stereocenters. The van der Waals surface area contributed by atoms with Crippen molar-refractivity contribution < 1.29 is 22.7 Å². The number of methoxy groups -OCH3 is 1. The Kier molecular flexibility index (Phi) is 4.44. The van der Waals surface area contributed by atoms with Crippen LogP contribution in [0.15, 0.2) is 23.4 Å². The Morgan fingerprint density at radius 1 is 1.33 bits per heavy atom. The molecular weight excluding hydrogens is 372 g/mol. The number of piperidine rings is 1. The lowest BCUT2D eigenvalue weighted by molar-refractivity contribution is -0.153. The van der Waals surface area contributed by atoms with Crippen molar-refractivity contribution in [3.05, 3.63) is 18.5 Å². The molecule has 0 aromatic carbocycles. The summed E-state index contributed by atoms with van der Waals surface area (Å²) >= 11 is 0. The van der Waals surface area contributed by atoms with Gasteiger partial charge in [0.2, 0.25) is 10.0 Å². The number of rotatable bonds is 3. The summed E-state index contributed by atoms with van der Waals surface area (Å²) in [5.41, 5.74) is 0.619. The zero-order chi connectivity index (χ0) is 19.3. The molecule has 4 rings (SSSR count). The van der Waals surface area contributed by atoms with Crippen LogP contribution in [-0.4, -0.2) is 64.9 Å². The quantitative estimate of drug-likeness (QED) is 0.711. The van der Waals surface area contributed by atoms with Gasteiger partial charge in [-0.3, -0.25) is 4.68 Å². The van der Waals surface area contributed by atoms with Crippen molar-refractivity contribution in [2.75, 3.05) is 7.11 Å². The second kappa shape index (κ2) is 6.54. The summed E-state index contributed by atoms with van der Waals surface area (Å²) in [6.07, 6.45) is 3.59. The fraction of sp³-hybridized carbons (Fsp3) is 0.588. The number of aromatic nitrogens is 3. The molecule has 2 aliphatic heterocycles. The highest BCUT2D eigenvalue weighted by Gasteiger charge is 2.50. The van der Waals surface area contributed by atoms with E-state index in [1.54, 1.807) is 24.0 Å². The van der Waals surface area contributed by atoms with Crippen LogP contribution in [0.1, 0.15) is 26.2 Å². The topological polar surface area (TPSA) is 104 Å². The highest BCUT2D eigenvalue weighted by Crippen LogP contribution is 2.38. The average Bonchev–Trinajstić information content (AvgIpc) is 3.24. The molecule has 2 aliphatic rings. The van der Waals surface area contributed by atoms with E-state index >= 15 is 0 Å². The summed E-state index contributed by atoms with van der Waals surface area (Å²) < 4.78 is 40.5. The second-order valence-electron chi connectivity index (χ2n) is 7.10. The number of esters is 1. The van der Waals surface area contributed by atoms with Gasteiger partial charge in [0.05, 0.1) is 25.5 Å². The van der Waals surface area contributed by atoms with Crippen LogP contribution in [-0.2, 0) is 31.3 Å². The monoisotopic (exact) mass is 394 g/mol. The van der Waals surface area contributed by atoms with Crippen LogP contribution < -0.4 is 0 Å². The Morgan fingerprint density at radius 3 is 2.85 bits per heavy atom. The molecule has 2 fully saturated rings. The number of aryl methyl sites for hydroxylation is 1. The van der Waals surface area contributed by atoms with Crippen molar-refractivity contribution in [1.82, 2.24) is 19.1 Å². The molecule has 0 spiro atoms. The molecule has 2 aromatic heterocycles. The van der Waals surface area contributed by atoms with E-state index in [0.717, 1.165) is 0 Å². The number of fused-ring (bicyclic) bond motifs is 2. The van der Waals surface area contributed by atoms with Crippen molar-refractivity contribution in [3.63, 3.8) is 0 Å². The molecule has 0 aliphatic carbocycles. The fourth-order valence-corrected chi connectivity index (χ4v) is 5.96. The van der Waals surface area contributed by atoms with E-state index in [-0.39, 0.29) is 17.0 Å². The molecular formula is C17H22N4O5S. The molecule has 10 heteroatoms. The van der Waals surface area contributed by atoms with Crippen molar-refractivity contribution in [1.29, 1.82) is 0 Å². The van der Waals surface area contributed by atoms with Gasteiger partial charge >= 0.3 is 5.97 Å². The Bertz CT molecular complexity index is 988. The van der Waals surface area contributed by atoms with Gasteiger partial charge in [-0.2, -0.15) is 9.40 Å². The molecule has 0 radical (unpaired) electrons. The summed E-state index contributed by atoms with van der Waals surface area (Å²) in [5, 5.41) is 4.77. The number of ether oxygens (including phenoxy) is 2. The number of carbonyl (C=O) groups is 1. The second-order valence-corrected chi connectivity index (χ2v) is 8.95. The van der Waals surface area contributed by atoms with Gasteiger partial charge < -0.3 is 9.47 Å². The van der Waals surface area contributed by atoms with Gasteiger partial charge in [-0.1, -0.05) is 0 Å². The van der Waals surface area contributed by atoms with Gasteiger partial charge in [-0.15, -0.1) is 0 Å². The first-order chi connectivity index (χ1) is 12.8. The van der Waals surface area contributed by atoms with Crippen LogP contribution in [0.2, 0.25) is 0 Å². The van der Waals surface area contributed by atoms with Crippen molar-refractivity contribution >= 4 is 27.0 Å². The number of hydrogen-bond acceptors (Lipinski definition) is 7. The lowest BCUT2D eigenvalue weighted by Gasteiger charge is -2.40. The van der Waals surface area contributed by atoms with Gasteiger partial charge in [0.15, 0.2) is 11.8 Å². The number of pyridine rings is 1. The predicted octanol–water partition coefficient (Wildman–Crippen LogP) is 0.840. The molecule has 0 amide bonds. The molecule has 0 saturated carbocycles. The van der Waals surface area contributed by atoms with E-state index in [1.165, 1.54) is 17.6 Å². The molecule has 2 saturated heterocycles. The maximum Gasteiger partial charge on any atom is 0.335 e. The Morgan fingerprint density at radius 2 is 2.11 bits per heavy atom. The fourth-order valence-electron chi connectivity index (χ4n) is 4.10. The number of carbonyl (C=O) groups excluding carboxylic acids is 1. The summed E-state index contributed by atoms with van der Waals surface area (Å²) in [7, 11) is -0.743. The van der Waals surface area contributed by atoms with Gasteiger partial charge in [-0.25, -0.2) is 18.2 Å². The van der Waals surface area contributed by atoms with E-state index in [0.29, 0.717) is 30.3 Å². The van der Waals surface area contributed by atoms with E-state index in [1.807, 2.05) is 6.92 Å². The molecule has 27 heavy (non-hydrogen) atoms. The summed E-state index contributed by atoms with van der Waals surface area (Å²) in [6.45, 7) is 1.88. The Labute approximate surface area is 157 Å². The first-order valence-corrected chi connectivity index (χ1v) is 10.3. The van der Waals surface area contributed by atoms with Crippen molar-refractivity contribution in [2.24, 2.45) is 7.05 Å². The van der Waals surface area contributed by atoms with Gasteiger partial charge in [0.25, 0.3) is 0 Å². The normalized spacial score (nSPS) is 29.0. The van der Waals surface area contributed by atoms with E-state index in [9.17, 15) is 13.2 Å². The minimum Gasteiger partial charge on any atom is -0.467 e. The Hall–Kier alpha value is -2.04. The molecule has 0 bridgehead atoms. The van der Waals surface area contributed by atoms with E-state index in [4.69, 9.17) is 9.47 Å². The zero-order valence-electron chi connectivity index (χ0n) is 15.4. The molecule has 9 nitrogen and oxygen atoms in total. The van der Waals surface area contributed by atoms with Gasteiger partial charge in [0, 0.05) is 31.1 Å². The SMILES string of the molecule is COC(=O)C1CC2C(CCC(C)N2S(=O)(=O)c2cnc3c(cnn3C)c2)O1. The van der Waals surface area contributed by atoms with Gasteiger partial charge in [0.1, 0.15) is 4.90 Å². The average molecular weight is 394 g/mol. The lowest BCUT2D eigenvalue weighted by atomic mass is 9.95. The van der Waals surface area contributed by atoms with Crippen LogP contribution in [0.25, 0.3) is 11.0 Å². The third-order valence-electron chi connectivity index (χ3n) is 5.44. The third kappa shape index (κ3) is 2.91. The van der Waals surface area contributed by atoms with Gasteiger partial charge in [-0.05, 0) is 25.8 Å². The van der Waals surface area contributed by atoms with Crippen LogP contribution in [0.5, 0.6) is 0 Å². The molecule has 4 heterocycles. The minimum absolute atomic E-state index is 0.122. The predicted molar refractivity (Wildman–Crippen MR) is 95.3 cm³/mol. The number of hydrogen-bond donors (Lipinski definition) is 0. The summed E-state index contributed by atoms with van der Waals surface area (Å²) in [4.78, 5) is 16.3. The highest BCUT2D eigenvalue weighted by molar-refractivity contribution is 7.89. The lowest BCUT2D eigenvalue weighted by Crippen LogP contribution is -2.53. The number of nitrogens with zero attached hydrogens (tertiary/aromatic N) is 4. The molecule has 4 unspecified atom stereocenters. The maximum absolute atomic E-state index is 13.4. The zero-order valence-corrected chi connectivity index (χ0v) is 16.2. The highest BCUT2D eigenvalue weighted by atomic mass is 32.2. The van der Waals surface area contributed by atoms with E-state index in [2.05, 4.69) is 10.1 Å². The molecule has 0 N–H and O–H groups in total. The Balaban J connectivity index is 1.71. The molecule has 2 aromatic rings. The van der Waals surface area contributed by atoms with Crippen LogP contribution in [0.3, 0.4) is 0 Å². The van der Waals surface area contributed by atoms with Crippen molar-refractivity contribution in [3.8, 4) is 0 Å². The first-order valence-electron chi connectivity index (χ1n) is 8.87. The first kappa shape index (κ1) is 18.3. The van der Waals surface area contributed by atoms with Crippen LogP contribution in [0.4, 0.5) is 0 Å². The van der Waals surface area contributed by atoms with E-state index < -0.39 is 28.1 Å². The van der Waals surface area contributed by atoms with Crippen LogP contribution in [0, 0.1) is 0 Å². The maximum atomic E-state index is 13.4. The number of sulfonamides is 1. The largest absolute Gasteiger partial charge is 0.467 e. The third-order valence-corrected chi connectivity index (χ3v) is 7.44. The van der Waals surface area contributed by atoms with Crippen LogP contribution >= 0.6 is 0 Å². The smallest absolute Gasteiger partial charge is 0.335 e. The standard InChI is InChI=1S/C17H22N4O5S/c1-10-4-5-14-13(7-15(26-14)17(22)25-3)21(10)27(23,24)12-6-11-8-19-20(2)16(11)18-9-12/h6,8-10,13-15H,4-5,7H2,1-3H3. The summed E-state index contributed by atoms with van der Waals surface area (Å²) in [6, 6.07) is 1.00. The molecule has 146 valence electrons.